The predicted molar refractivity (Wildman–Crippen MR) is 69.4 cm³/mol. The zero-order valence-corrected chi connectivity index (χ0v) is 11.2. The molecule has 6 nitrogen and oxygen atoms in total. The molecule has 102 valence electrons. The van der Waals surface area contributed by atoms with E-state index in [-0.39, 0.29) is 18.4 Å². The van der Waals surface area contributed by atoms with Crippen LogP contribution in [-0.2, 0) is 17.8 Å². The van der Waals surface area contributed by atoms with Crippen LogP contribution in [0.2, 0.25) is 0 Å². The number of carbonyl (C=O) groups is 1. The van der Waals surface area contributed by atoms with Gasteiger partial charge in [-0.2, -0.15) is 0 Å². The highest BCUT2D eigenvalue weighted by molar-refractivity contribution is 5.78. The van der Waals surface area contributed by atoms with E-state index in [1.165, 1.54) is 0 Å². The van der Waals surface area contributed by atoms with Crippen LogP contribution in [0.25, 0.3) is 0 Å². The summed E-state index contributed by atoms with van der Waals surface area (Å²) in [7, 11) is 0. The maximum Gasteiger partial charge on any atom is 0.228 e. The molecule has 1 amide bonds. The van der Waals surface area contributed by atoms with Gasteiger partial charge in [0.2, 0.25) is 5.91 Å². The fourth-order valence-corrected chi connectivity index (χ4v) is 1.86. The van der Waals surface area contributed by atoms with Gasteiger partial charge in [0.05, 0.1) is 18.4 Å². The van der Waals surface area contributed by atoms with Gasteiger partial charge in [0.1, 0.15) is 5.76 Å². The van der Waals surface area contributed by atoms with Gasteiger partial charge in [-0.05, 0) is 13.3 Å². The van der Waals surface area contributed by atoms with Crippen molar-refractivity contribution < 1.29 is 9.32 Å². The average molecular weight is 262 g/mol. The molecule has 2 rings (SSSR count). The van der Waals surface area contributed by atoms with Crippen LogP contribution in [0.5, 0.6) is 0 Å². The molecular weight excluding hydrogens is 244 g/mol. The summed E-state index contributed by atoms with van der Waals surface area (Å²) in [5.74, 6) is 0.538. The normalized spacial score (nSPS) is 12.3. The number of aryl methyl sites for hydroxylation is 1. The molecule has 1 N–H and O–H groups in total. The lowest BCUT2D eigenvalue weighted by atomic mass is 10.2. The van der Waals surface area contributed by atoms with Crippen molar-refractivity contribution in [2.75, 3.05) is 0 Å². The van der Waals surface area contributed by atoms with Crippen molar-refractivity contribution in [3.8, 4) is 0 Å². The fraction of sp³-hybridized carbons (Fsp3) is 0.462. The number of aromatic nitrogens is 3. The Bertz CT molecular complexity index is 518. The Morgan fingerprint density at radius 3 is 3.00 bits per heavy atom. The number of nitrogens with zero attached hydrogens (tertiary/aromatic N) is 3. The van der Waals surface area contributed by atoms with E-state index >= 15 is 0 Å². The van der Waals surface area contributed by atoms with Gasteiger partial charge in [-0.1, -0.05) is 12.1 Å². The third-order valence-electron chi connectivity index (χ3n) is 2.86. The number of amides is 1. The Labute approximate surface area is 111 Å². The largest absolute Gasteiger partial charge is 0.361 e. The molecule has 1 atom stereocenters. The standard InChI is InChI=1S/C13H18N4O2/c1-3-11(8-17-5-4-14-9-17)15-13(18)7-12-6-10(2)16-19-12/h4-6,9,11H,3,7-8H2,1-2H3,(H,15,18)/t11-/m1/s1. The third kappa shape index (κ3) is 3.94. The number of nitrogens with one attached hydrogen (secondary N) is 1. The molecule has 0 aliphatic carbocycles. The van der Waals surface area contributed by atoms with Gasteiger partial charge >= 0.3 is 0 Å². The summed E-state index contributed by atoms with van der Waals surface area (Å²) in [5.41, 5.74) is 0.785. The van der Waals surface area contributed by atoms with Crippen LogP contribution in [0.4, 0.5) is 0 Å². The molecule has 2 aromatic heterocycles. The van der Waals surface area contributed by atoms with E-state index in [1.54, 1.807) is 18.6 Å². The molecule has 0 aliphatic heterocycles. The van der Waals surface area contributed by atoms with Crippen LogP contribution in [0, 0.1) is 6.92 Å². The Morgan fingerprint density at radius 2 is 2.42 bits per heavy atom. The second kappa shape index (κ2) is 6.17. The monoisotopic (exact) mass is 262 g/mol. The number of imidazole rings is 1. The lowest BCUT2D eigenvalue weighted by Gasteiger charge is -2.17. The van der Waals surface area contributed by atoms with Crippen molar-refractivity contribution in [1.82, 2.24) is 20.0 Å². The van der Waals surface area contributed by atoms with Crippen molar-refractivity contribution >= 4 is 5.91 Å². The molecule has 0 fully saturated rings. The van der Waals surface area contributed by atoms with Gasteiger partial charge in [-0.15, -0.1) is 0 Å². The van der Waals surface area contributed by atoms with Gasteiger partial charge in [-0.25, -0.2) is 4.98 Å². The van der Waals surface area contributed by atoms with Crippen molar-refractivity contribution in [1.29, 1.82) is 0 Å². The second-order valence-electron chi connectivity index (χ2n) is 4.54. The second-order valence-corrected chi connectivity index (χ2v) is 4.54. The SMILES string of the molecule is CC[C@H](Cn1ccnc1)NC(=O)Cc1cc(C)no1. The van der Waals surface area contributed by atoms with Crippen molar-refractivity contribution in [2.45, 2.75) is 39.3 Å². The number of rotatable bonds is 6. The molecule has 0 saturated carbocycles. The lowest BCUT2D eigenvalue weighted by molar-refractivity contribution is -0.121. The molecule has 0 aliphatic rings. The van der Waals surface area contributed by atoms with Gasteiger partial charge < -0.3 is 14.4 Å². The Balaban J connectivity index is 1.85. The van der Waals surface area contributed by atoms with Gasteiger partial charge in [0, 0.05) is 31.0 Å². The van der Waals surface area contributed by atoms with Gasteiger partial charge in [0.25, 0.3) is 0 Å². The first-order valence-electron chi connectivity index (χ1n) is 6.34. The van der Waals surface area contributed by atoms with E-state index in [0.717, 1.165) is 18.7 Å². The van der Waals surface area contributed by atoms with Gasteiger partial charge in [0.15, 0.2) is 0 Å². The first kappa shape index (κ1) is 13.3. The van der Waals surface area contributed by atoms with Gasteiger partial charge in [-0.3, -0.25) is 4.79 Å². The van der Waals surface area contributed by atoms with E-state index < -0.39 is 0 Å². The molecule has 2 heterocycles. The number of hydrogen-bond acceptors (Lipinski definition) is 4. The molecular formula is C13H18N4O2. The van der Waals surface area contributed by atoms with E-state index in [1.807, 2.05) is 24.6 Å². The van der Waals surface area contributed by atoms with Crippen molar-refractivity contribution in [2.24, 2.45) is 0 Å². The molecule has 19 heavy (non-hydrogen) atoms. The van der Waals surface area contributed by atoms with E-state index in [2.05, 4.69) is 15.5 Å². The number of hydrogen-bond donors (Lipinski definition) is 1. The molecule has 0 bridgehead atoms. The Hall–Kier alpha value is -2.11. The molecule has 2 aromatic rings. The topological polar surface area (TPSA) is 73.0 Å². The third-order valence-corrected chi connectivity index (χ3v) is 2.86. The number of carbonyl (C=O) groups excluding carboxylic acids is 1. The van der Waals surface area contributed by atoms with Crippen molar-refractivity contribution in [3.63, 3.8) is 0 Å². The molecule has 6 heteroatoms. The van der Waals surface area contributed by atoms with Crippen LogP contribution in [0.1, 0.15) is 24.8 Å². The summed E-state index contributed by atoms with van der Waals surface area (Å²) in [4.78, 5) is 15.9. The zero-order chi connectivity index (χ0) is 13.7. The molecule has 0 spiro atoms. The first-order valence-corrected chi connectivity index (χ1v) is 6.34. The summed E-state index contributed by atoms with van der Waals surface area (Å²) in [5, 5.41) is 6.75. The molecule has 0 saturated heterocycles. The Morgan fingerprint density at radius 1 is 1.58 bits per heavy atom. The van der Waals surface area contributed by atoms with E-state index in [9.17, 15) is 4.79 Å². The highest BCUT2D eigenvalue weighted by atomic mass is 16.5. The Kier molecular flexibility index (Phi) is 4.33. The van der Waals surface area contributed by atoms with Crippen LogP contribution in [-0.4, -0.2) is 26.7 Å². The lowest BCUT2D eigenvalue weighted by Crippen LogP contribution is -2.38. The van der Waals surface area contributed by atoms with Crippen molar-refractivity contribution in [3.05, 3.63) is 36.2 Å². The van der Waals surface area contributed by atoms with Crippen LogP contribution >= 0.6 is 0 Å². The summed E-state index contributed by atoms with van der Waals surface area (Å²) >= 11 is 0. The highest BCUT2D eigenvalue weighted by Gasteiger charge is 2.13. The summed E-state index contributed by atoms with van der Waals surface area (Å²) in [6, 6.07) is 1.86. The zero-order valence-electron chi connectivity index (χ0n) is 11.2. The first-order chi connectivity index (χ1) is 9.17. The maximum atomic E-state index is 11.9. The van der Waals surface area contributed by atoms with E-state index in [4.69, 9.17) is 4.52 Å². The average Bonchev–Trinajstić information content (AvgIpc) is 3.00. The highest BCUT2D eigenvalue weighted by Crippen LogP contribution is 2.04. The minimum Gasteiger partial charge on any atom is -0.361 e. The summed E-state index contributed by atoms with van der Waals surface area (Å²) in [6.45, 7) is 4.59. The predicted octanol–water partition coefficient (Wildman–Crippen LogP) is 1.32. The maximum absolute atomic E-state index is 11.9. The molecule has 0 aromatic carbocycles. The summed E-state index contributed by atoms with van der Waals surface area (Å²) in [6.07, 6.45) is 6.44. The smallest absolute Gasteiger partial charge is 0.228 e. The minimum atomic E-state index is -0.0527. The van der Waals surface area contributed by atoms with Crippen LogP contribution in [0.15, 0.2) is 29.3 Å². The van der Waals surface area contributed by atoms with Crippen LogP contribution in [0.3, 0.4) is 0 Å². The summed E-state index contributed by atoms with van der Waals surface area (Å²) < 4.78 is 6.98. The fourth-order valence-electron chi connectivity index (χ4n) is 1.86. The molecule has 0 radical (unpaired) electrons. The molecule has 0 unspecified atom stereocenters. The quantitative estimate of drug-likeness (QED) is 0.852. The van der Waals surface area contributed by atoms with E-state index in [0.29, 0.717) is 5.76 Å². The van der Waals surface area contributed by atoms with Crippen LogP contribution < -0.4 is 5.32 Å². The minimum absolute atomic E-state index is 0.0527.